The second kappa shape index (κ2) is 25.4. The van der Waals surface area contributed by atoms with Crippen LogP contribution in [0.15, 0.2) is 40.0 Å². The molecule has 5 aliphatic carbocycles. The highest BCUT2D eigenvalue weighted by Gasteiger charge is 2.78. The highest BCUT2D eigenvalue weighted by atomic mass is 33.1. The molecule has 0 amide bonds. The lowest BCUT2D eigenvalue weighted by molar-refractivity contribution is -0.424. The SMILES string of the molecule is CCOC(=O)CCc1cc2ccoc2c2c1OC1OC3(CSSC45CC(CSSCC(CCC3O)C(C)CCC4NCCO2)C2(CCC(CNC)C2)C5CCC2(O)CCC(NC(N)=NC)CC2)C2(O)CC3C=CC(O)C(CO)C3C1(O)C2O. The van der Waals surface area contributed by atoms with Gasteiger partial charge in [0.2, 0.25) is 12.0 Å². The number of carbonyl (C=O) groups is 1. The van der Waals surface area contributed by atoms with Crippen molar-refractivity contribution >= 4 is 66.1 Å². The van der Waals surface area contributed by atoms with Crippen LogP contribution in [0.25, 0.3) is 11.0 Å². The summed E-state index contributed by atoms with van der Waals surface area (Å²) < 4.78 is 32.9. The number of nitrogens with two attached hydrogens (primary N) is 1. The molecule has 2 aromatic rings. The Labute approximate surface area is 505 Å². The van der Waals surface area contributed by atoms with Gasteiger partial charge in [0.05, 0.1) is 30.7 Å². The van der Waals surface area contributed by atoms with Crippen molar-refractivity contribution in [1.82, 2.24) is 16.0 Å². The average molecular weight is 1230 g/mol. The Morgan fingerprint density at radius 3 is 2.55 bits per heavy atom. The Balaban J connectivity index is 1.10. The minimum absolute atomic E-state index is 0.0146. The molecule has 9 aliphatic rings. The van der Waals surface area contributed by atoms with E-state index in [9.17, 15) is 40.5 Å². The molecule has 11 rings (SSSR count). The van der Waals surface area contributed by atoms with Crippen LogP contribution in [0, 0.1) is 52.8 Å². The largest absolute Gasteiger partial charge is 0.485 e. The summed E-state index contributed by atoms with van der Waals surface area (Å²) in [6.07, 6.45) is 9.38. The number of rotatable bonds is 11. The summed E-state index contributed by atoms with van der Waals surface area (Å²) in [6.45, 7) is 5.24. The van der Waals surface area contributed by atoms with Crippen LogP contribution < -0.4 is 31.2 Å². The number of guanidine groups is 1. The molecule has 1 aromatic carbocycles. The maximum Gasteiger partial charge on any atom is 0.306 e. The summed E-state index contributed by atoms with van der Waals surface area (Å²) >= 11 is 0. The minimum atomic E-state index is -2.52. The number of furan rings is 1. The Kier molecular flexibility index (Phi) is 19.1. The zero-order valence-corrected chi connectivity index (χ0v) is 52.2. The molecule has 83 heavy (non-hydrogen) atoms. The number of aliphatic imine (C=N–C) groups is 1. The van der Waals surface area contributed by atoms with Crippen LogP contribution in [-0.2, 0) is 20.7 Å². The number of nitrogens with one attached hydrogen (secondary N) is 3. The lowest BCUT2D eigenvalue weighted by Gasteiger charge is -2.67. The second-order valence-corrected chi connectivity index (χ2v) is 31.6. The summed E-state index contributed by atoms with van der Waals surface area (Å²) in [5.41, 5.74) is -0.764. The van der Waals surface area contributed by atoms with Crippen molar-refractivity contribution in [2.75, 3.05) is 64.3 Å². The molecule has 4 saturated carbocycles. The highest BCUT2D eigenvalue weighted by Crippen LogP contribution is 2.72. The molecule has 12 N–H and O–H groups in total. The Morgan fingerprint density at radius 2 is 1.78 bits per heavy atom. The highest BCUT2D eigenvalue weighted by molar-refractivity contribution is 8.77. The van der Waals surface area contributed by atoms with Crippen molar-refractivity contribution in [1.29, 1.82) is 0 Å². The van der Waals surface area contributed by atoms with Crippen LogP contribution in [-0.4, -0.2) is 176 Å². The molecule has 18 nitrogen and oxygen atoms in total. The van der Waals surface area contributed by atoms with Gasteiger partial charge in [-0.2, -0.15) is 0 Å². The number of benzene rings is 1. The minimum Gasteiger partial charge on any atom is -0.485 e. The normalized spacial score (nSPS) is 43.9. The van der Waals surface area contributed by atoms with Crippen LogP contribution >= 0.6 is 43.2 Å². The van der Waals surface area contributed by atoms with Gasteiger partial charge in [0.25, 0.3) is 0 Å². The third-order valence-electron chi connectivity index (χ3n) is 22.1. The molecule has 22 heteroatoms. The number of fused-ring (bicyclic) bond motifs is 16. The monoisotopic (exact) mass is 1230 g/mol. The predicted molar refractivity (Wildman–Crippen MR) is 327 cm³/mol. The van der Waals surface area contributed by atoms with Crippen LogP contribution in [0.2, 0.25) is 0 Å². The van der Waals surface area contributed by atoms with Gasteiger partial charge in [-0.05, 0) is 182 Å². The first-order chi connectivity index (χ1) is 39.9. The summed E-state index contributed by atoms with van der Waals surface area (Å²) in [5.74, 6) is 0.622. The van der Waals surface area contributed by atoms with Crippen molar-refractivity contribution < 1.29 is 63.9 Å². The fourth-order valence-electron chi connectivity index (χ4n) is 17.7. The summed E-state index contributed by atoms with van der Waals surface area (Å²) in [5, 5.41) is 102. The van der Waals surface area contributed by atoms with E-state index >= 15 is 0 Å². The van der Waals surface area contributed by atoms with Gasteiger partial charge >= 0.3 is 5.97 Å². The zero-order chi connectivity index (χ0) is 58.5. The molecule has 8 bridgehead atoms. The molecule has 5 heterocycles. The first kappa shape index (κ1) is 62.4. The molecule has 7 fully saturated rings. The van der Waals surface area contributed by atoms with Crippen LogP contribution in [0.4, 0.5) is 0 Å². The quantitative estimate of drug-likeness (QED) is 0.0399. The molecule has 1 aromatic heterocycles. The number of nitrogens with zero attached hydrogens (tertiary/aromatic N) is 1. The fraction of sp³-hybridized carbons (Fsp3) is 0.803. The van der Waals surface area contributed by atoms with E-state index in [1.165, 1.54) is 0 Å². The number of allylic oxidation sites excluding steroid dienone is 1. The smallest absolute Gasteiger partial charge is 0.306 e. The lowest BCUT2D eigenvalue weighted by Crippen LogP contribution is -2.86. The first-order valence-corrected chi connectivity index (χ1v) is 35.8. The number of hydrogen-bond acceptors (Lipinski definition) is 20. The van der Waals surface area contributed by atoms with E-state index in [0.717, 1.165) is 75.8 Å². The number of hydrogen-bond donors (Lipinski definition) is 11. The van der Waals surface area contributed by atoms with Gasteiger partial charge in [-0.1, -0.05) is 62.3 Å². The van der Waals surface area contributed by atoms with Crippen molar-refractivity contribution in [3.05, 3.63) is 36.1 Å². The lowest BCUT2D eigenvalue weighted by atomic mass is 9.50. The molecule has 18 atom stereocenters. The van der Waals surface area contributed by atoms with Gasteiger partial charge in [0.15, 0.2) is 22.9 Å². The standard InChI is InChI=1S/C61H93N5O13S4/c1-5-75-48(70)13-9-37-26-38-18-24-76-50(38)52-51(37)78-54-61(74)49-39(7-10-44(68)43(49)31-67)28-59(73,53(61)71)60(79-54)34-82-83-58-29-41(33-81-80-32-40(8-12-47(60)69)35(2)6-11-46(58)65-23-25-77-52)57(22-14-36(27-57)30-63-3)45(58)17-21-56(72)19-15-42(16-20-56)66-55(62)64-4/h7,10,18,24,26,35-36,39-47,49,53-54,63,65,67-69,71-74H,5-6,8-9,11-17,19-23,25,27-34H2,1-4H3,(H3,62,64,66). The molecule has 3 saturated heterocycles. The molecular formula is C61H93N5O13S4. The van der Waals surface area contributed by atoms with Crippen molar-refractivity contribution in [2.24, 2.45) is 63.5 Å². The summed E-state index contributed by atoms with van der Waals surface area (Å²) in [7, 11) is 11.1. The maximum absolute atomic E-state index is 14.0. The maximum atomic E-state index is 14.0. The van der Waals surface area contributed by atoms with E-state index in [4.69, 9.17) is 29.1 Å². The number of aliphatic hydroxyl groups excluding tert-OH is 4. The van der Waals surface area contributed by atoms with Gasteiger partial charge in [-0.25, -0.2) is 0 Å². The number of aryl methyl sites for hydroxylation is 1. The molecule has 3 spiro atoms. The fourth-order valence-corrected chi connectivity index (χ4v) is 25.1. The van der Waals surface area contributed by atoms with E-state index in [0.29, 0.717) is 66.6 Å². The van der Waals surface area contributed by atoms with Crippen LogP contribution in [0.1, 0.15) is 122 Å². The van der Waals surface area contributed by atoms with Gasteiger partial charge in [-0.15, -0.1) is 0 Å². The van der Waals surface area contributed by atoms with Gasteiger partial charge in [0, 0.05) is 77.9 Å². The number of esters is 1. The van der Waals surface area contributed by atoms with Crippen LogP contribution in [0.5, 0.6) is 11.5 Å². The number of ether oxygens (including phenoxy) is 4. The Morgan fingerprint density at radius 1 is 0.976 bits per heavy atom. The topological polar surface area (TPSA) is 283 Å². The number of carbonyl (C=O) groups excluding carboxylic acids is 1. The summed E-state index contributed by atoms with van der Waals surface area (Å²) in [4.78, 5) is 17.3. The van der Waals surface area contributed by atoms with Gasteiger partial charge in [-0.3, -0.25) is 9.79 Å². The third-order valence-corrected chi connectivity index (χ3v) is 28.1. The predicted octanol–water partition coefficient (Wildman–Crippen LogP) is 6.08. The summed E-state index contributed by atoms with van der Waals surface area (Å²) in [6, 6.07) is 3.72. The van der Waals surface area contributed by atoms with Crippen molar-refractivity contribution in [3.63, 3.8) is 0 Å². The molecular weight excluding hydrogens is 1140 g/mol. The van der Waals surface area contributed by atoms with E-state index in [-0.39, 0.29) is 91.4 Å². The molecule has 0 radical (unpaired) electrons. The van der Waals surface area contributed by atoms with E-state index in [1.807, 2.05) is 44.5 Å². The Hall–Kier alpha value is -2.16. The molecule has 4 aliphatic heterocycles. The van der Waals surface area contributed by atoms with Crippen molar-refractivity contribution in [3.8, 4) is 11.5 Å². The van der Waals surface area contributed by atoms with Crippen LogP contribution in [0.3, 0.4) is 0 Å². The second-order valence-electron chi connectivity index (χ2n) is 26.4. The van der Waals surface area contributed by atoms with Crippen molar-refractivity contribution in [2.45, 2.75) is 187 Å². The molecule has 18 unspecified atom stereocenters. The Bertz CT molecular complexity index is 2650. The van der Waals surface area contributed by atoms with E-state index in [1.54, 1.807) is 43.2 Å². The molecule has 464 valence electrons. The average Bonchev–Trinajstić information content (AvgIpc) is 1.19. The van der Waals surface area contributed by atoms with Gasteiger partial charge in [0.1, 0.15) is 23.9 Å². The zero-order valence-electron chi connectivity index (χ0n) is 48.9. The van der Waals surface area contributed by atoms with E-state index < -0.39 is 82.1 Å². The first-order valence-electron chi connectivity index (χ1n) is 31.0. The number of aliphatic hydroxyl groups is 7. The van der Waals surface area contributed by atoms with Gasteiger partial charge < -0.3 is 80.8 Å². The third kappa shape index (κ3) is 11.3. The van der Waals surface area contributed by atoms with E-state index in [2.05, 4.69) is 34.9 Å².